The third kappa shape index (κ3) is 6.78. The number of hydrogen-bond donors (Lipinski definition) is 1. The lowest BCUT2D eigenvalue weighted by atomic mass is 10.1. The van der Waals surface area contributed by atoms with Crippen molar-refractivity contribution in [3.8, 4) is 22.6 Å². The zero-order chi connectivity index (χ0) is 26.7. The van der Waals surface area contributed by atoms with Crippen LogP contribution < -0.4 is 5.32 Å². The number of imidazole rings is 1. The third-order valence-corrected chi connectivity index (χ3v) is 6.94. The Balaban J connectivity index is 1.74. The fourth-order valence-electron chi connectivity index (χ4n) is 4.81. The van der Waals surface area contributed by atoms with Gasteiger partial charge in [0.05, 0.1) is 11.4 Å². The fraction of sp³-hybridized carbons (Fsp3) is 0.333. The van der Waals surface area contributed by atoms with Gasteiger partial charge in [-0.15, -0.1) is 0 Å². The van der Waals surface area contributed by atoms with Gasteiger partial charge in [-0.05, 0) is 37.1 Å². The van der Waals surface area contributed by atoms with Crippen molar-refractivity contribution in [1.82, 2.24) is 19.8 Å². The van der Waals surface area contributed by atoms with E-state index in [0.29, 0.717) is 5.56 Å². The Morgan fingerprint density at radius 3 is 2.05 bits per heavy atom. The molecule has 5 heteroatoms. The summed E-state index contributed by atoms with van der Waals surface area (Å²) >= 11 is 0. The van der Waals surface area contributed by atoms with Crippen molar-refractivity contribution >= 4 is 5.91 Å². The second-order valence-corrected chi connectivity index (χ2v) is 9.81. The van der Waals surface area contributed by atoms with Crippen molar-refractivity contribution in [2.75, 3.05) is 13.6 Å². The molecule has 0 atom stereocenters. The van der Waals surface area contributed by atoms with E-state index in [1.165, 1.54) is 11.3 Å². The van der Waals surface area contributed by atoms with E-state index in [1.807, 2.05) is 12.1 Å². The molecule has 38 heavy (non-hydrogen) atoms. The third-order valence-electron chi connectivity index (χ3n) is 6.94. The first-order valence-corrected chi connectivity index (χ1v) is 13.9. The molecule has 4 aromatic rings. The number of unbranched alkanes of at least 4 members (excludes halogenated alkanes) is 2. The maximum atomic E-state index is 12.0. The standard InChI is InChI=1S/C33H40N4O/c1-4-6-22-36(24-26-18-20-29(21-19-26)33(38)34-3)25-30-31(27-14-10-8-11-15-27)35-32(37(30)23-7-5-2)28-16-12-9-13-17-28/h8-21H,4-7,22-25H2,1-3H3,(H,34,38). The summed E-state index contributed by atoms with van der Waals surface area (Å²) in [6.07, 6.45) is 4.50. The lowest BCUT2D eigenvalue weighted by Gasteiger charge is -2.24. The molecule has 3 aromatic carbocycles. The molecule has 1 aromatic heterocycles. The molecule has 0 aliphatic carbocycles. The van der Waals surface area contributed by atoms with Crippen LogP contribution in [0, 0.1) is 0 Å². The quantitative estimate of drug-likeness (QED) is 0.208. The monoisotopic (exact) mass is 508 g/mol. The largest absolute Gasteiger partial charge is 0.355 e. The van der Waals surface area contributed by atoms with E-state index in [2.05, 4.69) is 101 Å². The number of carbonyl (C=O) groups is 1. The average molecular weight is 509 g/mol. The normalized spacial score (nSPS) is 11.2. The molecule has 0 aliphatic heterocycles. The second-order valence-electron chi connectivity index (χ2n) is 9.81. The van der Waals surface area contributed by atoms with Gasteiger partial charge in [-0.3, -0.25) is 9.69 Å². The van der Waals surface area contributed by atoms with E-state index < -0.39 is 0 Å². The van der Waals surface area contributed by atoms with Crippen LogP contribution in [0.25, 0.3) is 22.6 Å². The van der Waals surface area contributed by atoms with E-state index in [-0.39, 0.29) is 5.91 Å². The van der Waals surface area contributed by atoms with Crippen LogP contribution in [0.5, 0.6) is 0 Å². The maximum Gasteiger partial charge on any atom is 0.251 e. The zero-order valence-corrected chi connectivity index (χ0v) is 23.0. The van der Waals surface area contributed by atoms with E-state index >= 15 is 0 Å². The molecule has 1 heterocycles. The van der Waals surface area contributed by atoms with Gasteiger partial charge in [0.15, 0.2) is 0 Å². The molecule has 0 aliphatic rings. The Hall–Kier alpha value is -3.70. The summed E-state index contributed by atoms with van der Waals surface area (Å²) in [5.41, 5.74) is 6.53. The smallest absolute Gasteiger partial charge is 0.251 e. The number of rotatable bonds is 13. The summed E-state index contributed by atoms with van der Waals surface area (Å²) in [5.74, 6) is 0.985. The Morgan fingerprint density at radius 2 is 1.45 bits per heavy atom. The highest BCUT2D eigenvalue weighted by atomic mass is 16.1. The summed E-state index contributed by atoms with van der Waals surface area (Å²) in [6, 6.07) is 29.1. The number of hydrogen-bond acceptors (Lipinski definition) is 3. The lowest BCUT2D eigenvalue weighted by molar-refractivity contribution is 0.0963. The molecular weight excluding hydrogens is 468 g/mol. The van der Waals surface area contributed by atoms with Gasteiger partial charge in [-0.1, -0.05) is 99.5 Å². The molecule has 0 spiro atoms. The maximum absolute atomic E-state index is 12.0. The predicted molar refractivity (Wildman–Crippen MR) is 157 cm³/mol. The number of carbonyl (C=O) groups excluding carboxylic acids is 1. The van der Waals surface area contributed by atoms with Crippen LogP contribution in [-0.4, -0.2) is 34.0 Å². The number of benzene rings is 3. The van der Waals surface area contributed by atoms with E-state index in [9.17, 15) is 4.79 Å². The van der Waals surface area contributed by atoms with Gasteiger partial charge >= 0.3 is 0 Å². The number of amides is 1. The highest BCUT2D eigenvalue weighted by Crippen LogP contribution is 2.31. The molecule has 1 amide bonds. The summed E-state index contributed by atoms with van der Waals surface area (Å²) < 4.78 is 2.45. The Labute approximate surface area is 227 Å². The Kier molecular flexibility index (Phi) is 9.88. The van der Waals surface area contributed by atoms with Crippen molar-refractivity contribution in [2.45, 2.75) is 59.2 Å². The van der Waals surface area contributed by atoms with Crippen LogP contribution in [0.3, 0.4) is 0 Å². The minimum absolute atomic E-state index is 0.0554. The van der Waals surface area contributed by atoms with Crippen LogP contribution in [0.4, 0.5) is 0 Å². The zero-order valence-electron chi connectivity index (χ0n) is 23.0. The Bertz CT molecular complexity index is 1280. The van der Waals surface area contributed by atoms with E-state index in [4.69, 9.17) is 4.98 Å². The molecular formula is C33H40N4O. The van der Waals surface area contributed by atoms with Crippen molar-refractivity contribution in [1.29, 1.82) is 0 Å². The van der Waals surface area contributed by atoms with Crippen LogP contribution in [-0.2, 0) is 19.6 Å². The summed E-state index contributed by atoms with van der Waals surface area (Å²) in [5, 5.41) is 2.70. The summed E-state index contributed by atoms with van der Waals surface area (Å²) in [7, 11) is 1.67. The van der Waals surface area contributed by atoms with Gasteiger partial charge in [0.1, 0.15) is 5.82 Å². The molecule has 1 N–H and O–H groups in total. The molecule has 0 unspecified atom stereocenters. The van der Waals surface area contributed by atoms with Gasteiger partial charge < -0.3 is 9.88 Å². The highest BCUT2D eigenvalue weighted by Gasteiger charge is 2.22. The molecule has 5 nitrogen and oxygen atoms in total. The van der Waals surface area contributed by atoms with Gasteiger partial charge in [0.2, 0.25) is 0 Å². The first-order chi connectivity index (χ1) is 18.6. The van der Waals surface area contributed by atoms with Crippen molar-refractivity contribution in [2.24, 2.45) is 0 Å². The first kappa shape index (κ1) is 27.3. The number of nitrogens with zero attached hydrogens (tertiary/aromatic N) is 3. The van der Waals surface area contributed by atoms with Gasteiger partial charge in [-0.25, -0.2) is 4.98 Å². The molecule has 0 radical (unpaired) electrons. The molecule has 0 saturated heterocycles. The van der Waals surface area contributed by atoms with Gasteiger partial charge in [0.25, 0.3) is 5.91 Å². The van der Waals surface area contributed by atoms with Gasteiger partial charge in [0, 0.05) is 43.4 Å². The molecule has 0 saturated carbocycles. The van der Waals surface area contributed by atoms with Crippen molar-refractivity contribution in [3.05, 3.63) is 102 Å². The molecule has 198 valence electrons. The SMILES string of the molecule is CCCCN(Cc1ccc(C(=O)NC)cc1)Cc1c(-c2ccccc2)nc(-c2ccccc2)n1CCCC. The van der Waals surface area contributed by atoms with Crippen LogP contribution in [0.2, 0.25) is 0 Å². The second kappa shape index (κ2) is 13.7. The van der Waals surface area contributed by atoms with E-state index in [0.717, 1.165) is 74.5 Å². The van der Waals surface area contributed by atoms with Gasteiger partial charge in [-0.2, -0.15) is 0 Å². The summed E-state index contributed by atoms with van der Waals surface area (Å²) in [4.78, 5) is 19.8. The first-order valence-electron chi connectivity index (χ1n) is 13.9. The predicted octanol–water partition coefficient (Wildman–Crippen LogP) is 7.18. The minimum atomic E-state index is -0.0554. The molecule has 0 bridgehead atoms. The fourth-order valence-corrected chi connectivity index (χ4v) is 4.81. The minimum Gasteiger partial charge on any atom is -0.355 e. The van der Waals surface area contributed by atoms with Crippen LogP contribution >= 0.6 is 0 Å². The molecule has 0 fully saturated rings. The van der Waals surface area contributed by atoms with E-state index in [1.54, 1.807) is 7.05 Å². The van der Waals surface area contributed by atoms with Crippen LogP contribution in [0.1, 0.15) is 61.1 Å². The number of nitrogens with one attached hydrogen (secondary N) is 1. The molecule has 4 rings (SSSR count). The average Bonchev–Trinajstić information content (AvgIpc) is 3.33. The topological polar surface area (TPSA) is 50.2 Å². The van der Waals surface area contributed by atoms with Crippen molar-refractivity contribution in [3.63, 3.8) is 0 Å². The summed E-state index contributed by atoms with van der Waals surface area (Å²) in [6.45, 7) is 8.06. The Morgan fingerprint density at radius 1 is 0.816 bits per heavy atom. The number of aromatic nitrogens is 2. The highest BCUT2D eigenvalue weighted by molar-refractivity contribution is 5.93. The van der Waals surface area contributed by atoms with Crippen LogP contribution in [0.15, 0.2) is 84.9 Å². The lowest BCUT2D eigenvalue weighted by Crippen LogP contribution is -2.26. The van der Waals surface area contributed by atoms with Crippen molar-refractivity contribution < 1.29 is 4.79 Å².